The van der Waals surface area contributed by atoms with E-state index in [1.54, 1.807) is 12.2 Å². The first-order valence-corrected chi connectivity index (χ1v) is 8.39. The summed E-state index contributed by atoms with van der Waals surface area (Å²) >= 11 is 0. The topological polar surface area (TPSA) is 94.8 Å². The first-order chi connectivity index (χ1) is 11.0. The lowest BCUT2D eigenvalue weighted by Gasteiger charge is -2.16. The molecule has 0 saturated heterocycles. The summed E-state index contributed by atoms with van der Waals surface area (Å²) in [6.07, 6.45) is 9.85. The number of allylic oxidation sites excluding steroid dienone is 1. The molecule has 0 spiro atoms. The van der Waals surface area contributed by atoms with Crippen LogP contribution in [0.4, 0.5) is 0 Å². The second kappa shape index (κ2) is 10.3. The van der Waals surface area contributed by atoms with E-state index in [-0.39, 0.29) is 30.5 Å². The summed E-state index contributed by atoms with van der Waals surface area (Å²) in [5, 5.41) is 28.3. The van der Waals surface area contributed by atoms with Crippen LogP contribution in [-0.2, 0) is 9.59 Å². The highest BCUT2D eigenvalue weighted by atomic mass is 16.4. The third-order valence-corrected chi connectivity index (χ3v) is 4.28. The van der Waals surface area contributed by atoms with Gasteiger partial charge in [-0.15, -0.1) is 0 Å². The number of carboxylic acids is 1. The quantitative estimate of drug-likeness (QED) is 0.424. The smallest absolute Gasteiger partial charge is 0.303 e. The number of aliphatic hydroxyl groups excluding tert-OH is 2. The van der Waals surface area contributed by atoms with Crippen molar-refractivity contribution in [3.05, 3.63) is 24.3 Å². The molecule has 3 N–H and O–H groups in total. The molecular weight excluding hydrogens is 296 g/mol. The molecule has 130 valence electrons. The molecule has 5 nitrogen and oxygen atoms in total. The molecule has 0 heterocycles. The van der Waals surface area contributed by atoms with Crippen LogP contribution in [0, 0.1) is 11.8 Å². The van der Waals surface area contributed by atoms with E-state index in [9.17, 15) is 19.8 Å². The maximum absolute atomic E-state index is 11.7. The van der Waals surface area contributed by atoms with Crippen LogP contribution in [0.3, 0.4) is 0 Å². The number of ketones is 1. The summed E-state index contributed by atoms with van der Waals surface area (Å²) < 4.78 is 0. The fourth-order valence-electron chi connectivity index (χ4n) is 2.97. The van der Waals surface area contributed by atoms with Crippen molar-refractivity contribution in [3.8, 4) is 0 Å². The number of Topliss-reactive ketones (excluding diaryl/α,β-unsaturated/α-hetero) is 1. The van der Waals surface area contributed by atoms with Crippen LogP contribution in [0.25, 0.3) is 0 Å². The van der Waals surface area contributed by atoms with Gasteiger partial charge in [-0.3, -0.25) is 9.59 Å². The largest absolute Gasteiger partial charge is 0.481 e. The molecule has 5 heteroatoms. The highest BCUT2D eigenvalue weighted by molar-refractivity contribution is 5.84. The predicted octanol–water partition coefficient (Wildman–Crippen LogP) is 2.47. The summed E-state index contributed by atoms with van der Waals surface area (Å²) in [5.74, 6) is -1.00. The van der Waals surface area contributed by atoms with Gasteiger partial charge in [0.15, 0.2) is 0 Å². The molecule has 0 amide bonds. The van der Waals surface area contributed by atoms with Crippen LogP contribution in [0.1, 0.15) is 51.9 Å². The van der Waals surface area contributed by atoms with Crippen LogP contribution >= 0.6 is 0 Å². The fourth-order valence-corrected chi connectivity index (χ4v) is 2.97. The van der Waals surface area contributed by atoms with Crippen LogP contribution in [-0.4, -0.2) is 39.3 Å². The van der Waals surface area contributed by atoms with Crippen LogP contribution < -0.4 is 0 Å². The Morgan fingerprint density at radius 1 is 1.35 bits per heavy atom. The second-order valence-electron chi connectivity index (χ2n) is 6.13. The average molecular weight is 324 g/mol. The molecule has 1 aliphatic rings. The summed E-state index contributed by atoms with van der Waals surface area (Å²) in [7, 11) is 0. The number of carbonyl (C=O) groups excluding carboxylic acids is 1. The van der Waals surface area contributed by atoms with E-state index in [2.05, 4.69) is 0 Å². The summed E-state index contributed by atoms with van der Waals surface area (Å²) in [4.78, 5) is 22.1. The van der Waals surface area contributed by atoms with E-state index in [0.29, 0.717) is 19.3 Å². The molecule has 0 aliphatic heterocycles. The van der Waals surface area contributed by atoms with Gasteiger partial charge in [0, 0.05) is 24.7 Å². The first-order valence-electron chi connectivity index (χ1n) is 8.39. The van der Waals surface area contributed by atoms with E-state index in [4.69, 9.17) is 5.11 Å². The molecule has 0 radical (unpaired) electrons. The third kappa shape index (κ3) is 7.10. The van der Waals surface area contributed by atoms with Gasteiger partial charge < -0.3 is 15.3 Å². The number of aliphatic hydroxyl groups is 2. The van der Waals surface area contributed by atoms with Crippen molar-refractivity contribution in [2.24, 2.45) is 11.8 Å². The first kappa shape index (κ1) is 19.6. The highest BCUT2D eigenvalue weighted by Gasteiger charge is 2.38. The van der Waals surface area contributed by atoms with Crippen molar-refractivity contribution in [1.29, 1.82) is 0 Å². The summed E-state index contributed by atoms with van der Waals surface area (Å²) in [6.45, 7) is 1.94. The summed E-state index contributed by atoms with van der Waals surface area (Å²) in [6, 6.07) is 0. The molecule has 4 atom stereocenters. The number of rotatable bonds is 10. The molecule has 0 bridgehead atoms. The van der Waals surface area contributed by atoms with Crippen molar-refractivity contribution < 1.29 is 24.9 Å². The maximum Gasteiger partial charge on any atom is 0.303 e. The average Bonchev–Trinajstić information content (AvgIpc) is 2.76. The van der Waals surface area contributed by atoms with E-state index in [0.717, 1.165) is 12.8 Å². The molecular formula is C18H28O5. The number of hydrogen-bond acceptors (Lipinski definition) is 4. The molecule has 1 saturated carbocycles. The molecule has 0 unspecified atom stereocenters. The Morgan fingerprint density at radius 3 is 2.74 bits per heavy atom. The zero-order chi connectivity index (χ0) is 17.2. The molecule has 0 aromatic heterocycles. The van der Waals surface area contributed by atoms with Crippen LogP contribution in [0.5, 0.6) is 0 Å². The van der Waals surface area contributed by atoms with E-state index in [1.807, 2.05) is 19.1 Å². The Kier molecular flexibility index (Phi) is 8.81. The van der Waals surface area contributed by atoms with Gasteiger partial charge in [-0.1, -0.05) is 31.2 Å². The molecule has 23 heavy (non-hydrogen) atoms. The number of unbranched alkanes of at least 4 members (excludes halogenated alkanes) is 2. The monoisotopic (exact) mass is 324 g/mol. The molecule has 0 aromatic carbocycles. The van der Waals surface area contributed by atoms with Crippen molar-refractivity contribution in [1.82, 2.24) is 0 Å². The van der Waals surface area contributed by atoms with Gasteiger partial charge in [-0.05, 0) is 32.1 Å². The highest BCUT2D eigenvalue weighted by Crippen LogP contribution is 2.32. The minimum absolute atomic E-state index is 0.102. The van der Waals surface area contributed by atoms with E-state index >= 15 is 0 Å². The molecule has 1 fully saturated rings. The number of carbonyl (C=O) groups is 2. The van der Waals surface area contributed by atoms with Gasteiger partial charge in [0.05, 0.1) is 12.2 Å². The zero-order valence-electron chi connectivity index (χ0n) is 13.7. The standard InChI is InChI=1S/C18H28O5/c1-2-14-15(17(21)12-16(14)20)11-10-13(19)8-6-4-3-5-7-9-18(22)23/h4,6,10-11,13-15,17,19,21H,2-3,5,7-9,12H2,1H3,(H,22,23)/b6-4-,11-10+/t13-,14+,15-,17+/m0/s1. The number of carboxylic acid groups (broad SMARTS) is 1. The van der Waals surface area contributed by atoms with Gasteiger partial charge in [-0.2, -0.15) is 0 Å². The zero-order valence-corrected chi connectivity index (χ0v) is 13.7. The van der Waals surface area contributed by atoms with Gasteiger partial charge >= 0.3 is 5.97 Å². The lowest BCUT2D eigenvalue weighted by Crippen LogP contribution is -2.18. The van der Waals surface area contributed by atoms with Crippen molar-refractivity contribution in [3.63, 3.8) is 0 Å². The maximum atomic E-state index is 11.7. The van der Waals surface area contributed by atoms with Crippen LogP contribution in [0.15, 0.2) is 24.3 Å². The van der Waals surface area contributed by atoms with Gasteiger partial charge in [0.2, 0.25) is 0 Å². The Hall–Kier alpha value is -1.46. The Morgan fingerprint density at radius 2 is 2.09 bits per heavy atom. The van der Waals surface area contributed by atoms with Gasteiger partial charge in [0.1, 0.15) is 5.78 Å². The Balaban J connectivity index is 2.28. The van der Waals surface area contributed by atoms with E-state index < -0.39 is 18.2 Å². The minimum atomic E-state index is -0.771. The molecule has 1 rings (SSSR count). The fraction of sp³-hybridized carbons (Fsp3) is 0.667. The second-order valence-corrected chi connectivity index (χ2v) is 6.13. The van der Waals surface area contributed by atoms with Crippen molar-refractivity contribution in [2.75, 3.05) is 0 Å². The molecule has 1 aliphatic carbocycles. The molecule has 0 aromatic rings. The Labute approximate surface area is 137 Å². The summed E-state index contributed by atoms with van der Waals surface area (Å²) in [5.41, 5.74) is 0. The van der Waals surface area contributed by atoms with Gasteiger partial charge in [0.25, 0.3) is 0 Å². The number of aliphatic carboxylic acids is 1. The lowest BCUT2D eigenvalue weighted by atomic mass is 9.91. The van der Waals surface area contributed by atoms with E-state index in [1.165, 1.54) is 0 Å². The normalized spacial score (nSPS) is 26.4. The predicted molar refractivity (Wildman–Crippen MR) is 87.9 cm³/mol. The lowest BCUT2D eigenvalue weighted by molar-refractivity contribution is -0.137. The third-order valence-electron chi connectivity index (χ3n) is 4.28. The number of hydrogen-bond donors (Lipinski definition) is 3. The van der Waals surface area contributed by atoms with Gasteiger partial charge in [-0.25, -0.2) is 0 Å². The van der Waals surface area contributed by atoms with Crippen molar-refractivity contribution in [2.45, 2.75) is 64.1 Å². The van der Waals surface area contributed by atoms with Crippen molar-refractivity contribution >= 4 is 11.8 Å². The SMILES string of the molecule is CC[C@H]1C(=O)C[C@@H](O)[C@H]1/C=C/[C@@H](O)C/C=C\CCCCC(=O)O. The van der Waals surface area contributed by atoms with Crippen LogP contribution in [0.2, 0.25) is 0 Å². The minimum Gasteiger partial charge on any atom is -0.481 e. The Bertz CT molecular complexity index is 441.